The lowest BCUT2D eigenvalue weighted by atomic mass is 9.86. The van der Waals surface area contributed by atoms with Gasteiger partial charge in [-0.2, -0.15) is 0 Å². The normalized spacial score (nSPS) is 11.5. The van der Waals surface area contributed by atoms with Gasteiger partial charge in [0.25, 0.3) is 0 Å². The van der Waals surface area contributed by atoms with Gasteiger partial charge in [0.05, 0.1) is 10.8 Å². The number of esters is 2. The SMILES string of the molecule is CC(C)(CCC(=O)Cc1ccc(CC(=O)CCC(C)(C)C(=O)Oc2ccccc2)cc1)C(=O)Oc1ccccc1. The van der Waals surface area contributed by atoms with E-state index < -0.39 is 10.8 Å². The molecule has 0 amide bonds. The number of ketones is 2. The molecule has 0 aromatic heterocycles. The molecular weight excluding hydrogens is 504 g/mol. The molecule has 0 heterocycles. The lowest BCUT2D eigenvalue weighted by Crippen LogP contribution is -2.29. The van der Waals surface area contributed by atoms with E-state index in [1.807, 2.05) is 36.4 Å². The summed E-state index contributed by atoms with van der Waals surface area (Å²) < 4.78 is 10.9. The quantitative estimate of drug-likeness (QED) is 0.166. The van der Waals surface area contributed by atoms with Gasteiger partial charge in [0.1, 0.15) is 23.1 Å². The number of para-hydroxylation sites is 2. The lowest BCUT2D eigenvalue weighted by molar-refractivity contribution is -0.145. The Morgan fingerprint density at radius 1 is 0.525 bits per heavy atom. The number of carbonyl (C=O) groups excluding carboxylic acids is 4. The van der Waals surface area contributed by atoms with Crippen molar-refractivity contribution in [3.63, 3.8) is 0 Å². The van der Waals surface area contributed by atoms with E-state index in [1.54, 1.807) is 76.2 Å². The first-order chi connectivity index (χ1) is 18.9. The molecule has 0 bridgehead atoms. The summed E-state index contributed by atoms with van der Waals surface area (Å²) in [5.41, 5.74) is 0.136. The highest BCUT2D eigenvalue weighted by molar-refractivity contribution is 5.84. The maximum absolute atomic E-state index is 12.6. The zero-order valence-corrected chi connectivity index (χ0v) is 23.8. The largest absolute Gasteiger partial charge is 0.426 e. The molecule has 3 aromatic carbocycles. The summed E-state index contributed by atoms with van der Waals surface area (Å²) in [6.45, 7) is 7.13. The molecule has 0 aliphatic carbocycles. The summed E-state index contributed by atoms with van der Waals surface area (Å²) in [7, 11) is 0. The van der Waals surface area contributed by atoms with Gasteiger partial charge in [-0.3, -0.25) is 19.2 Å². The van der Waals surface area contributed by atoms with Crippen LogP contribution in [0.15, 0.2) is 84.9 Å². The standard InChI is InChI=1S/C34H38O6/c1-33(2,31(37)39-29-11-7-5-8-12-29)21-19-27(35)23-25-15-17-26(18-16-25)24-28(36)20-22-34(3,4)32(38)40-30-13-9-6-10-14-30/h5-18H,19-24H2,1-4H3. The number of Topliss-reactive ketones (excluding diaryl/α,β-unsaturated/α-hetero) is 2. The van der Waals surface area contributed by atoms with E-state index in [4.69, 9.17) is 9.47 Å². The second kappa shape index (κ2) is 13.8. The summed E-state index contributed by atoms with van der Waals surface area (Å²) in [5, 5.41) is 0. The van der Waals surface area contributed by atoms with Crippen LogP contribution in [-0.4, -0.2) is 23.5 Å². The molecule has 0 N–H and O–H groups in total. The fraction of sp³-hybridized carbons (Fsp3) is 0.353. The van der Waals surface area contributed by atoms with E-state index in [9.17, 15) is 19.2 Å². The van der Waals surface area contributed by atoms with Crippen LogP contribution in [0.5, 0.6) is 11.5 Å². The summed E-state index contributed by atoms with van der Waals surface area (Å²) >= 11 is 0. The monoisotopic (exact) mass is 542 g/mol. The summed E-state index contributed by atoms with van der Waals surface area (Å²) in [5.74, 6) is 0.316. The Morgan fingerprint density at radius 2 is 0.850 bits per heavy atom. The minimum atomic E-state index is -0.789. The third-order valence-corrected chi connectivity index (χ3v) is 6.90. The van der Waals surface area contributed by atoms with Crippen LogP contribution in [0, 0.1) is 10.8 Å². The molecule has 0 aliphatic rings. The van der Waals surface area contributed by atoms with Crippen molar-refractivity contribution < 1.29 is 28.7 Å². The van der Waals surface area contributed by atoms with Crippen LogP contribution in [0.4, 0.5) is 0 Å². The van der Waals surface area contributed by atoms with Crippen molar-refractivity contribution in [3.8, 4) is 11.5 Å². The zero-order valence-electron chi connectivity index (χ0n) is 23.8. The summed E-state index contributed by atoms with van der Waals surface area (Å²) in [4.78, 5) is 50.3. The van der Waals surface area contributed by atoms with E-state index in [1.165, 1.54) is 0 Å². The molecule has 0 atom stereocenters. The van der Waals surface area contributed by atoms with Crippen LogP contribution in [-0.2, 0) is 32.0 Å². The molecule has 0 spiro atoms. The van der Waals surface area contributed by atoms with Crippen LogP contribution in [0.25, 0.3) is 0 Å². The molecule has 0 unspecified atom stereocenters. The number of benzene rings is 3. The molecule has 6 heteroatoms. The van der Waals surface area contributed by atoms with Gasteiger partial charge < -0.3 is 9.47 Å². The lowest BCUT2D eigenvalue weighted by Gasteiger charge is -2.22. The molecule has 3 aromatic rings. The zero-order chi connectivity index (χ0) is 29.2. The number of rotatable bonds is 14. The number of hydrogen-bond acceptors (Lipinski definition) is 6. The maximum atomic E-state index is 12.6. The van der Waals surface area contributed by atoms with Gasteiger partial charge in [0.2, 0.25) is 0 Å². The van der Waals surface area contributed by atoms with Crippen LogP contribution in [0.1, 0.15) is 64.5 Å². The molecule has 210 valence electrons. The Hall–Kier alpha value is -4.06. The molecule has 40 heavy (non-hydrogen) atoms. The van der Waals surface area contributed by atoms with E-state index in [-0.39, 0.29) is 49.2 Å². The van der Waals surface area contributed by atoms with Crippen LogP contribution in [0.3, 0.4) is 0 Å². The molecule has 0 radical (unpaired) electrons. The van der Waals surface area contributed by atoms with Crippen LogP contribution < -0.4 is 9.47 Å². The average Bonchev–Trinajstić information content (AvgIpc) is 2.93. The first-order valence-corrected chi connectivity index (χ1v) is 13.6. The highest BCUT2D eigenvalue weighted by Gasteiger charge is 2.31. The van der Waals surface area contributed by atoms with Crippen molar-refractivity contribution in [2.75, 3.05) is 0 Å². The van der Waals surface area contributed by atoms with Crippen LogP contribution in [0.2, 0.25) is 0 Å². The van der Waals surface area contributed by atoms with Gasteiger partial charge in [0.15, 0.2) is 0 Å². The van der Waals surface area contributed by atoms with Gasteiger partial charge in [-0.15, -0.1) is 0 Å². The molecule has 0 aliphatic heterocycles. The second-order valence-electron chi connectivity index (χ2n) is 11.4. The van der Waals surface area contributed by atoms with E-state index in [0.717, 1.165) is 11.1 Å². The van der Waals surface area contributed by atoms with Gasteiger partial charge in [-0.25, -0.2) is 0 Å². The van der Waals surface area contributed by atoms with Crippen molar-refractivity contribution in [1.82, 2.24) is 0 Å². The second-order valence-corrected chi connectivity index (χ2v) is 11.4. The third kappa shape index (κ3) is 9.60. The summed E-state index contributed by atoms with van der Waals surface area (Å²) in [6, 6.07) is 25.2. The minimum absolute atomic E-state index is 0.0361. The molecule has 6 nitrogen and oxygen atoms in total. The van der Waals surface area contributed by atoms with Gasteiger partial charge in [-0.05, 0) is 75.9 Å². The van der Waals surface area contributed by atoms with E-state index >= 15 is 0 Å². The van der Waals surface area contributed by atoms with E-state index in [0.29, 0.717) is 24.3 Å². The minimum Gasteiger partial charge on any atom is -0.426 e. The Bertz CT molecular complexity index is 1190. The van der Waals surface area contributed by atoms with Gasteiger partial charge in [-0.1, -0.05) is 60.7 Å². The fourth-order valence-electron chi connectivity index (χ4n) is 3.98. The first kappa shape index (κ1) is 30.5. The van der Waals surface area contributed by atoms with Crippen molar-refractivity contribution in [2.24, 2.45) is 10.8 Å². The molecular formula is C34H38O6. The smallest absolute Gasteiger partial charge is 0.316 e. The number of hydrogen-bond donors (Lipinski definition) is 0. The van der Waals surface area contributed by atoms with Crippen molar-refractivity contribution in [2.45, 2.75) is 66.2 Å². The topological polar surface area (TPSA) is 86.7 Å². The summed E-state index contributed by atoms with van der Waals surface area (Å²) in [6.07, 6.45) is 1.82. The van der Waals surface area contributed by atoms with Crippen molar-refractivity contribution >= 4 is 23.5 Å². The van der Waals surface area contributed by atoms with Crippen molar-refractivity contribution in [3.05, 3.63) is 96.1 Å². The Kier molecular flexibility index (Phi) is 10.5. The molecule has 3 rings (SSSR count). The average molecular weight is 543 g/mol. The predicted molar refractivity (Wildman–Crippen MR) is 154 cm³/mol. The van der Waals surface area contributed by atoms with Crippen LogP contribution >= 0.6 is 0 Å². The maximum Gasteiger partial charge on any atom is 0.316 e. The van der Waals surface area contributed by atoms with Crippen molar-refractivity contribution in [1.29, 1.82) is 0 Å². The van der Waals surface area contributed by atoms with Gasteiger partial charge >= 0.3 is 11.9 Å². The number of ether oxygens (including phenoxy) is 2. The molecule has 0 saturated carbocycles. The predicted octanol–water partition coefficient (Wildman–Crippen LogP) is 6.73. The Labute approximate surface area is 236 Å². The third-order valence-electron chi connectivity index (χ3n) is 6.90. The highest BCUT2D eigenvalue weighted by Crippen LogP contribution is 2.27. The van der Waals surface area contributed by atoms with E-state index in [2.05, 4.69) is 0 Å². The fourth-order valence-corrected chi connectivity index (χ4v) is 3.98. The number of carbonyl (C=O) groups is 4. The molecule has 0 saturated heterocycles. The Morgan fingerprint density at radius 3 is 1.18 bits per heavy atom. The molecule has 0 fully saturated rings. The first-order valence-electron chi connectivity index (χ1n) is 13.6. The Balaban J connectivity index is 1.41. The van der Waals surface area contributed by atoms with Gasteiger partial charge in [0, 0.05) is 25.7 Å². The highest BCUT2D eigenvalue weighted by atomic mass is 16.5.